The second-order valence-electron chi connectivity index (χ2n) is 4.01. The van der Waals surface area contributed by atoms with Crippen LogP contribution < -0.4 is 4.31 Å². The van der Waals surface area contributed by atoms with Gasteiger partial charge in [0.05, 0.1) is 17.3 Å². The number of hydrogen-bond donors (Lipinski definition) is 1. The highest BCUT2D eigenvalue weighted by molar-refractivity contribution is 7.90. The van der Waals surface area contributed by atoms with Crippen LogP contribution >= 0.6 is 11.6 Å². The summed E-state index contributed by atoms with van der Waals surface area (Å²) in [5, 5.41) is 9.32. The van der Waals surface area contributed by atoms with Crippen LogP contribution in [0.5, 0.6) is 0 Å². The third kappa shape index (κ3) is 2.47. The number of β-amino-alcohol motifs (C(OH)–C–C–N with tert-alkyl or cyclic N) is 1. The summed E-state index contributed by atoms with van der Waals surface area (Å²) in [6, 6.07) is 6.86. The summed E-state index contributed by atoms with van der Waals surface area (Å²) in [6.07, 6.45) is 0.713. The van der Waals surface area contributed by atoms with Gasteiger partial charge in [0.15, 0.2) is 0 Å². The van der Waals surface area contributed by atoms with Crippen LogP contribution in [-0.4, -0.2) is 44.1 Å². The summed E-state index contributed by atoms with van der Waals surface area (Å²) in [5.41, 5.74) is 0.488. The predicted octanol–water partition coefficient (Wildman–Crippen LogP) is 1.09. The number of rotatable bonds is 3. The van der Waals surface area contributed by atoms with E-state index in [0.29, 0.717) is 30.2 Å². The molecule has 1 fully saturated rings. The molecule has 0 unspecified atom stereocenters. The van der Waals surface area contributed by atoms with E-state index in [9.17, 15) is 8.42 Å². The van der Waals surface area contributed by atoms with Crippen molar-refractivity contribution in [3.05, 3.63) is 29.3 Å². The summed E-state index contributed by atoms with van der Waals surface area (Å²) in [6.45, 7) is 0.775. The van der Waals surface area contributed by atoms with Crippen LogP contribution in [0.3, 0.4) is 0 Å². The molecular formula is C11H15ClN2O3S. The van der Waals surface area contributed by atoms with E-state index in [-0.39, 0.29) is 13.2 Å². The summed E-state index contributed by atoms with van der Waals surface area (Å²) < 4.78 is 27.3. The minimum Gasteiger partial charge on any atom is -0.395 e. The third-order valence-electron chi connectivity index (χ3n) is 2.84. The van der Waals surface area contributed by atoms with Crippen molar-refractivity contribution in [3.8, 4) is 0 Å². The Hall–Kier alpha value is -0.820. The third-order valence-corrected chi connectivity index (χ3v) is 5.12. The maximum Gasteiger partial charge on any atom is 0.304 e. The highest BCUT2D eigenvalue weighted by atomic mass is 35.5. The second-order valence-corrected chi connectivity index (χ2v) is 6.27. The van der Waals surface area contributed by atoms with Crippen molar-refractivity contribution in [1.29, 1.82) is 0 Å². The van der Waals surface area contributed by atoms with Crippen molar-refractivity contribution < 1.29 is 13.5 Å². The van der Waals surface area contributed by atoms with Crippen LogP contribution in [0, 0.1) is 0 Å². The van der Waals surface area contributed by atoms with Crippen molar-refractivity contribution >= 4 is 27.5 Å². The molecule has 0 aliphatic carbocycles. The molecule has 0 aromatic heterocycles. The van der Waals surface area contributed by atoms with Gasteiger partial charge in [-0.3, -0.25) is 4.31 Å². The van der Waals surface area contributed by atoms with Crippen LogP contribution in [0.4, 0.5) is 5.69 Å². The van der Waals surface area contributed by atoms with E-state index in [1.54, 1.807) is 24.3 Å². The second kappa shape index (κ2) is 5.44. The van der Waals surface area contributed by atoms with Gasteiger partial charge in [-0.25, -0.2) is 0 Å². The maximum absolute atomic E-state index is 12.3. The summed E-state index contributed by atoms with van der Waals surface area (Å²) in [4.78, 5) is 0. The van der Waals surface area contributed by atoms with Crippen LogP contribution in [-0.2, 0) is 10.2 Å². The van der Waals surface area contributed by atoms with Gasteiger partial charge in [0.25, 0.3) is 0 Å². The van der Waals surface area contributed by atoms with Gasteiger partial charge in [-0.05, 0) is 18.6 Å². The van der Waals surface area contributed by atoms with Gasteiger partial charge in [0.1, 0.15) is 0 Å². The molecule has 1 aliphatic heterocycles. The smallest absolute Gasteiger partial charge is 0.304 e. The molecular weight excluding hydrogens is 276 g/mol. The molecule has 7 heteroatoms. The molecule has 0 bridgehead atoms. The normalized spacial score (nSPS) is 20.0. The zero-order valence-corrected chi connectivity index (χ0v) is 11.4. The van der Waals surface area contributed by atoms with Gasteiger partial charge in [0.2, 0.25) is 0 Å². The van der Waals surface area contributed by atoms with E-state index < -0.39 is 10.2 Å². The Balaban J connectivity index is 2.36. The van der Waals surface area contributed by atoms with Gasteiger partial charge < -0.3 is 5.11 Å². The molecule has 18 heavy (non-hydrogen) atoms. The van der Waals surface area contributed by atoms with E-state index >= 15 is 0 Å². The lowest BCUT2D eigenvalue weighted by atomic mass is 10.3. The Morgan fingerprint density at radius 1 is 1.28 bits per heavy atom. The van der Waals surface area contributed by atoms with Crippen molar-refractivity contribution in [2.24, 2.45) is 0 Å². The monoisotopic (exact) mass is 290 g/mol. The van der Waals surface area contributed by atoms with Gasteiger partial charge in [-0.2, -0.15) is 12.7 Å². The largest absolute Gasteiger partial charge is 0.395 e. The molecule has 1 saturated heterocycles. The fourth-order valence-electron chi connectivity index (χ4n) is 2.00. The lowest BCUT2D eigenvalue weighted by Gasteiger charge is -2.35. The van der Waals surface area contributed by atoms with Gasteiger partial charge in [-0.1, -0.05) is 23.7 Å². The molecule has 0 radical (unpaired) electrons. The summed E-state index contributed by atoms with van der Waals surface area (Å²) in [7, 11) is -3.58. The van der Waals surface area contributed by atoms with Crippen LogP contribution in [0.15, 0.2) is 24.3 Å². The average molecular weight is 291 g/mol. The van der Waals surface area contributed by atoms with E-state index in [0.717, 1.165) is 0 Å². The first-order valence-electron chi connectivity index (χ1n) is 5.70. The molecule has 1 aromatic carbocycles. The number of halogens is 1. The Labute approximate surface area is 112 Å². The minimum atomic E-state index is -3.58. The number of anilines is 1. The predicted molar refractivity (Wildman–Crippen MR) is 71.0 cm³/mol. The van der Waals surface area contributed by atoms with Crippen LogP contribution in [0.1, 0.15) is 6.42 Å². The molecule has 1 aliphatic rings. The van der Waals surface area contributed by atoms with E-state index in [1.165, 1.54) is 8.61 Å². The Morgan fingerprint density at radius 2 is 2.00 bits per heavy atom. The molecule has 1 heterocycles. The van der Waals surface area contributed by atoms with Gasteiger partial charge in [-0.15, -0.1) is 0 Å². The molecule has 0 saturated carbocycles. The molecule has 100 valence electrons. The number of aliphatic hydroxyl groups is 1. The number of aliphatic hydroxyl groups excluding tert-OH is 1. The Bertz CT molecular complexity index is 519. The molecule has 0 amide bonds. The van der Waals surface area contributed by atoms with Crippen LogP contribution in [0.25, 0.3) is 0 Å². The summed E-state index contributed by atoms with van der Waals surface area (Å²) in [5.74, 6) is 0. The van der Waals surface area contributed by atoms with Crippen LogP contribution in [0.2, 0.25) is 5.02 Å². The van der Waals surface area contributed by atoms with Crippen molar-refractivity contribution in [3.63, 3.8) is 0 Å². The zero-order valence-electron chi connectivity index (χ0n) is 9.79. The first-order valence-corrected chi connectivity index (χ1v) is 7.48. The van der Waals surface area contributed by atoms with E-state index in [1.807, 2.05) is 0 Å². The number of hydrogen-bond acceptors (Lipinski definition) is 3. The quantitative estimate of drug-likeness (QED) is 0.906. The fourth-order valence-corrected chi connectivity index (χ4v) is 4.00. The highest BCUT2D eigenvalue weighted by Crippen LogP contribution is 2.30. The van der Waals surface area contributed by atoms with Crippen molar-refractivity contribution in [1.82, 2.24) is 4.31 Å². The fraction of sp³-hybridized carbons (Fsp3) is 0.455. The van der Waals surface area contributed by atoms with Crippen molar-refractivity contribution in [2.45, 2.75) is 6.42 Å². The SMILES string of the molecule is O=S1(=O)N(CCO)CCCN1c1ccccc1Cl. The topological polar surface area (TPSA) is 60.9 Å². The number of benzene rings is 1. The lowest BCUT2D eigenvalue weighted by molar-refractivity contribution is 0.249. The van der Waals surface area contributed by atoms with Gasteiger partial charge in [0, 0.05) is 19.6 Å². The van der Waals surface area contributed by atoms with E-state index in [4.69, 9.17) is 16.7 Å². The molecule has 0 atom stereocenters. The maximum atomic E-state index is 12.3. The molecule has 2 rings (SSSR count). The molecule has 5 nitrogen and oxygen atoms in total. The molecule has 0 spiro atoms. The first kappa shape index (κ1) is 13.6. The Morgan fingerprint density at radius 3 is 2.67 bits per heavy atom. The Kier molecular flexibility index (Phi) is 4.11. The molecule has 1 aromatic rings. The average Bonchev–Trinajstić information content (AvgIpc) is 2.33. The standard InChI is InChI=1S/C11H15ClN2O3S/c12-10-4-1-2-5-11(10)14-7-3-6-13(8-9-15)18(14,16)17/h1-2,4-5,15H,3,6-9H2. The highest BCUT2D eigenvalue weighted by Gasteiger charge is 2.34. The van der Waals surface area contributed by atoms with Gasteiger partial charge >= 0.3 is 10.2 Å². The number of nitrogens with zero attached hydrogens (tertiary/aromatic N) is 2. The number of para-hydroxylation sites is 1. The lowest BCUT2D eigenvalue weighted by Crippen LogP contribution is -2.50. The minimum absolute atomic E-state index is 0.114. The first-order chi connectivity index (χ1) is 8.57. The van der Waals surface area contributed by atoms with Crippen molar-refractivity contribution in [2.75, 3.05) is 30.5 Å². The molecule has 1 N–H and O–H groups in total. The zero-order chi connectivity index (χ0) is 13.2. The summed E-state index contributed by atoms with van der Waals surface area (Å²) >= 11 is 6.04. The van der Waals surface area contributed by atoms with E-state index in [2.05, 4.69) is 0 Å².